The van der Waals surface area contributed by atoms with E-state index in [9.17, 15) is 13.2 Å². The number of hydrogen-bond donors (Lipinski definition) is 1. The molecule has 10 heteroatoms. The summed E-state index contributed by atoms with van der Waals surface area (Å²) < 4.78 is 37.6. The number of fused-ring (bicyclic) bond motifs is 1. The van der Waals surface area contributed by atoms with Crippen molar-refractivity contribution in [1.82, 2.24) is 14.6 Å². The third kappa shape index (κ3) is 5.13. The zero-order valence-corrected chi connectivity index (χ0v) is 18.9. The van der Waals surface area contributed by atoms with Crippen molar-refractivity contribution in [2.75, 3.05) is 19.9 Å². The fourth-order valence-corrected chi connectivity index (χ4v) is 5.74. The first-order chi connectivity index (χ1) is 14.9. The molecule has 2 aromatic rings. The summed E-state index contributed by atoms with van der Waals surface area (Å²) in [5.74, 6) is 1.25. The Labute approximate surface area is 186 Å². The van der Waals surface area contributed by atoms with Crippen LogP contribution in [0.25, 0.3) is 0 Å². The van der Waals surface area contributed by atoms with Gasteiger partial charge in [0.05, 0.1) is 10.3 Å². The number of nitrogens with one attached hydrogen (secondary N) is 1. The lowest BCUT2D eigenvalue weighted by Gasteiger charge is -2.25. The summed E-state index contributed by atoms with van der Waals surface area (Å²) in [7, 11) is -3.50. The number of sulfonamides is 1. The van der Waals surface area contributed by atoms with Gasteiger partial charge in [-0.15, -0.1) is 0 Å². The number of pyridine rings is 1. The molecule has 1 amide bonds. The lowest BCUT2D eigenvalue weighted by Crippen LogP contribution is -2.35. The van der Waals surface area contributed by atoms with Crippen LogP contribution in [0.15, 0.2) is 46.5 Å². The Morgan fingerprint density at radius 3 is 2.68 bits per heavy atom. The van der Waals surface area contributed by atoms with Gasteiger partial charge in [-0.25, -0.2) is 13.4 Å². The van der Waals surface area contributed by atoms with E-state index in [1.807, 2.05) is 18.2 Å². The zero-order chi connectivity index (χ0) is 21.8. The summed E-state index contributed by atoms with van der Waals surface area (Å²) in [5.41, 5.74) is 0.917. The van der Waals surface area contributed by atoms with Crippen LogP contribution in [0.1, 0.15) is 31.7 Å². The number of ether oxygens (including phenoxy) is 2. The van der Waals surface area contributed by atoms with Gasteiger partial charge in [-0.3, -0.25) is 4.79 Å². The van der Waals surface area contributed by atoms with Crippen LogP contribution in [0.3, 0.4) is 0 Å². The Morgan fingerprint density at radius 1 is 1.16 bits per heavy atom. The molecule has 1 saturated heterocycles. The highest BCUT2D eigenvalue weighted by Gasteiger charge is 2.26. The normalized spacial score (nSPS) is 17.3. The quantitative estimate of drug-likeness (QED) is 0.631. The molecule has 1 atom stereocenters. The molecule has 0 spiro atoms. The van der Waals surface area contributed by atoms with E-state index in [-0.39, 0.29) is 22.8 Å². The van der Waals surface area contributed by atoms with Crippen molar-refractivity contribution in [2.24, 2.45) is 0 Å². The van der Waals surface area contributed by atoms with Crippen molar-refractivity contribution in [3.8, 4) is 11.5 Å². The van der Waals surface area contributed by atoms with Crippen LogP contribution in [0, 0.1) is 0 Å². The maximum absolute atomic E-state index is 12.7. The third-order valence-electron chi connectivity index (χ3n) is 5.23. The lowest BCUT2D eigenvalue weighted by molar-refractivity contribution is -0.120. The van der Waals surface area contributed by atoms with Crippen molar-refractivity contribution in [2.45, 2.75) is 47.9 Å². The molecular formula is C21H25N3O5S2. The van der Waals surface area contributed by atoms with Gasteiger partial charge in [0.15, 0.2) is 11.5 Å². The zero-order valence-electron chi connectivity index (χ0n) is 17.2. The molecule has 166 valence electrons. The number of hydrogen-bond acceptors (Lipinski definition) is 7. The summed E-state index contributed by atoms with van der Waals surface area (Å²) in [6.45, 7) is 3.49. The second-order valence-electron chi connectivity index (χ2n) is 7.46. The molecule has 3 heterocycles. The molecular weight excluding hydrogens is 438 g/mol. The number of piperidine rings is 1. The molecule has 2 aliphatic rings. The van der Waals surface area contributed by atoms with E-state index >= 15 is 0 Å². The number of benzene rings is 1. The first-order valence-electron chi connectivity index (χ1n) is 10.2. The van der Waals surface area contributed by atoms with Crippen LogP contribution < -0.4 is 14.8 Å². The van der Waals surface area contributed by atoms with Gasteiger partial charge in [-0.1, -0.05) is 24.2 Å². The first kappa shape index (κ1) is 21.9. The Balaban J connectivity index is 1.31. The molecule has 0 bridgehead atoms. The molecule has 2 aliphatic heterocycles. The summed E-state index contributed by atoms with van der Waals surface area (Å²) in [4.78, 5) is 16.9. The molecule has 4 rings (SSSR count). The van der Waals surface area contributed by atoms with Gasteiger partial charge in [0.25, 0.3) is 0 Å². The number of carbonyl (C=O) groups excluding carboxylic acids is 1. The van der Waals surface area contributed by atoms with E-state index in [0.717, 1.165) is 24.8 Å². The maximum Gasteiger partial charge on any atom is 0.244 e. The second-order valence-corrected chi connectivity index (χ2v) is 10.8. The molecule has 8 nitrogen and oxygen atoms in total. The SMILES string of the molecule is CC(Sc1ccc(S(=O)(=O)N2CCCCC2)cn1)C(=O)NCc1ccc2c(c1)OCO2. The van der Waals surface area contributed by atoms with Gasteiger partial charge in [-0.05, 0) is 49.6 Å². The second kappa shape index (κ2) is 9.46. The van der Waals surface area contributed by atoms with E-state index in [4.69, 9.17) is 9.47 Å². The molecule has 1 fully saturated rings. The largest absolute Gasteiger partial charge is 0.454 e. The predicted molar refractivity (Wildman–Crippen MR) is 117 cm³/mol. The van der Waals surface area contributed by atoms with Crippen molar-refractivity contribution in [3.05, 3.63) is 42.1 Å². The highest BCUT2D eigenvalue weighted by Crippen LogP contribution is 2.32. The molecule has 0 aliphatic carbocycles. The standard InChI is InChI=1S/C21H25N3O5S2/c1-15(21(25)23-12-16-5-7-18-19(11-16)29-14-28-18)30-20-8-6-17(13-22-20)31(26,27)24-9-3-2-4-10-24/h5-8,11,13,15H,2-4,9-10,12,14H2,1H3,(H,23,25). The molecule has 1 aromatic carbocycles. The Morgan fingerprint density at radius 2 is 1.94 bits per heavy atom. The minimum atomic E-state index is -3.50. The topological polar surface area (TPSA) is 97.8 Å². The van der Waals surface area contributed by atoms with E-state index in [1.54, 1.807) is 19.1 Å². The molecule has 0 saturated carbocycles. The number of nitrogens with zero attached hydrogens (tertiary/aromatic N) is 2. The summed E-state index contributed by atoms with van der Waals surface area (Å²) in [5, 5.41) is 3.12. The number of carbonyl (C=O) groups is 1. The van der Waals surface area contributed by atoms with Crippen molar-refractivity contribution >= 4 is 27.7 Å². The Hall–Kier alpha value is -2.30. The number of rotatable bonds is 7. The lowest BCUT2D eigenvalue weighted by atomic mass is 10.2. The van der Waals surface area contributed by atoms with Crippen LogP contribution in [0.5, 0.6) is 11.5 Å². The molecule has 1 aromatic heterocycles. The molecule has 0 radical (unpaired) electrons. The Kier molecular flexibility index (Phi) is 6.68. The van der Waals surface area contributed by atoms with Crippen LogP contribution >= 0.6 is 11.8 Å². The molecule has 1 unspecified atom stereocenters. The minimum Gasteiger partial charge on any atom is -0.454 e. The van der Waals surface area contributed by atoms with Crippen molar-refractivity contribution in [3.63, 3.8) is 0 Å². The summed E-state index contributed by atoms with van der Waals surface area (Å²) >= 11 is 1.29. The van der Waals surface area contributed by atoms with Crippen molar-refractivity contribution < 1.29 is 22.7 Å². The van der Waals surface area contributed by atoms with Crippen LogP contribution in [0.2, 0.25) is 0 Å². The Bertz CT molecular complexity index is 1040. The third-order valence-corrected chi connectivity index (χ3v) is 8.17. The average molecular weight is 464 g/mol. The van der Waals surface area contributed by atoms with Gasteiger partial charge in [0.2, 0.25) is 22.7 Å². The number of amides is 1. The fraction of sp³-hybridized carbons (Fsp3) is 0.429. The average Bonchev–Trinajstić information content (AvgIpc) is 3.26. The van der Waals surface area contributed by atoms with Gasteiger partial charge in [0.1, 0.15) is 4.90 Å². The molecule has 1 N–H and O–H groups in total. The van der Waals surface area contributed by atoms with E-state index < -0.39 is 10.0 Å². The fourth-order valence-electron chi connectivity index (χ4n) is 3.46. The van der Waals surface area contributed by atoms with Crippen molar-refractivity contribution in [1.29, 1.82) is 0 Å². The molecule has 31 heavy (non-hydrogen) atoms. The van der Waals surface area contributed by atoms with Crippen LogP contribution in [-0.4, -0.2) is 48.7 Å². The smallest absolute Gasteiger partial charge is 0.244 e. The number of thioether (sulfide) groups is 1. The van der Waals surface area contributed by atoms with E-state index in [2.05, 4.69) is 10.3 Å². The van der Waals surface area contributed by atoms with E-state index in [0.29, 0.717) is 36.2 Å². The van der Waals surface area contributed by atoms with Gasteiger partial charge < -0.3 is 14.8 Å². The first-order valence-corrected chi connectivity index (χ1v) is 12.5. The summed E-state index contributed by atoms with van der Waals surface area (Å²) in [6.07, 6.45) is 4.22. The highest BCUT2D eigenvalue weighted by molar-refractivity contribution is 8.00. The van der Waals surface area contributed by atoms with Gasteiger partial charge >= 0.3 is 0 Å². The van der Waals surface area contributed by atoms with Crippen LogP contribution in [0.4, 0.5) is 0 Å². The maximum atomic E-state index is 12.7. The predicted octanol–water partition coefficient (Wildman–Crippen LogP) is 2.78. The summed E-state index contributed by atoms with van der Waals surface area (Å²) in [6, 6.07) is 8.78. The van der Waals surface area contributed by atoms with E-state index in [1.165, 1.54) is 22.3 Å². The minimum absolute atomic E-state index is 0.130. The number of aromatic nitrogens is 1. The monoisotopic (exact) mass is 463 g/mol. The van der Waals surface area contributed by atoms with Gasteiger partial charge in [-0.2, -0.15) is 4.31 Å². The van der Waals surface area contributed by atoms with Gasteiger partial charge in [0, 0.05) is 25.8 Å². The van der Waals surface area contributed by atoms with Crippen LogP contribution in [-0.2, 0) is 21.4 Å². The highest BCUT2D eigenvalue weighted by atomic mass is 32.2.